The highest BCUT2D eigenvalue weighted by atomic mass is 35.5. The highest BCUT2D eigenvalue weighted by Gasteiger charge is 2.37. The van der Waals surface area contributed by atoms with Gasteiger partial charge in [-0.3, -0.25) is 4.79 Å². The van der Waals surface area contributed by atoms with Crippen molar-refractivity contribution in [1.29, 1.82) is 0 Å². The van der Waals surface area contributed by atoms with E-state index in [1.807, 2.05) is 0 Å². The van der Waals surface area contributed by atoms with Crippen LogP contribution in [0.3, 0.4) is 0 Å². The first-order valence-corrected chi connectivity index (χ1v) is 9.58. The van der Waals surface area contributed by atoms with Gasteiger partial charge in [0, 0.05) is 18.5 Å². The lowest BCUT2D eigenvalue weighted by Gasteiger charge is -2.45. The van der Waals surface area contributed by atoms with Crippen LogP contribution in [0.2, 0.25) is 0 Å². The van der Waals surface area contributed by atoms with Crippen molar-refractivity contribution in [2.45, 2.75) is 64.3 Å². The Labute approximate surface area is 167 Å². The Hall–Kier alpha value is -0.0300. The molecule has 0 aromatic rings. The van der Waals surface area contributed by atoms with Crippen molar-refractivity contribution in [2.24, 2.45) is 17.8 Å². The average molecular weight is 396 g/mol. The fourth-order valence-electron chi connectivity index (χ4n) is 4.52. The van der Waals surface area contributed by atoms with Crippen molar-refractivity contribution in [3.63, 3.8) is 0 Å². The predicted octanol–water partition coefficient (Wildman–Crippen LogP) is 3.48. The molecule has 25 heavy (non-hydrogen) atoms. The zero-order valence-electron chi connectivity index (χ0n) is 16.5. The second-order valence-electron chi connectivity index (χ2n) is 8.38. The van der Waals surface area contributed by atoms with Gasteiger partial charge in [0.2, 0.25) is 5.91 Å². The molecule has 1 saturated heterocycles. The summed E-state index contributed by atoms with van der Waals surface area (Å²) >= 11 is 0. The van der Waals surface area contributed by atoms with E-state index in [1.54, 1.807) is 0 Å². The molecule has 0 radical (unpaired) electrons. The molecule has 4 nitrogen and oxygen atoms in total. The van der Waals surface area contributed by atoms with Crippen LogP contribution < -0.4 is 10.6 Å². The van der Waals surface area contributed by atoms with Crippen molar-refractivity contribution < 1.29 is 4.79 Å². The van der Waals surface area contributed by atoms with Crippen molar-refractivity contribution in [2.75, 3.05) is 33.7 Å². The van der Waals surface area contributed by atoms with Gasteiger partial charge in [0.05, 0.1) is 0 Å². The molecule has 4 unspecified atom stereocenters. The van der Waals surface area contributed by atoms with E-state index in [0.29, 0.717) is 18.3 Å². The molecule has 2 N–H and O–H groups in total. The fraction of sp³-hybridized carbons (Fsp3) is 0.947. The predicted molar refractivity (Wildman–Crippen MR) is 111 cm³/mol. The SMILES string of the molecule is CC1CCCC(CNC(=O)CC(C)C2CCCNC2)(N(C)C)C1.Cl.Cl. The molecular formula is C19H39Cl2N3O. The van der Waals surface area contributed by atoms with E-state index in [2.05, 4.69) is 43.5 Å². The van der Waals surface area contributed by atoms with Gasteiger partial charge in [-0.25, -0.2) is 0 Å². The van der Waals surface area contributed by atoms with E-state index in [0.717, 1.165) is 25.6 Å². The Morgan fingerprint density at radius 2 is 2.00 bits per heavy atom. The first kappa shape index (κ1) is 25.0. The lowest BCUT2D eigenvalue weighted by atomic mass is 9.75. The van der Waals surface area contributed by atoms with Gasteiger partial charge in [0.25, 0.3) is 0 Å². The van der Waals surface area contributed by atoms with Gasteiger partial charge in [-0.05, 0) is 70.6 Å². The summed E-state index contributed by atoms with van der Waals surface area (Å²) in [5, 5.41) is 6.72. The minimum absolute atomic E-state index is 0. The number of amides is 1. The van der Waals surface area contributed by atoms with Crippen molar-refractivity contribution in [3.05, 3.63) is 0 Å². The number of nitrogens with zero attached hydrogens (tertiary/aromatic N) is 1. The third-order valence-electron chi connectivity index (χ3n) is 6.28. The van der Waals surface area contributed by atoms with Gasteiger partial charge in [-0.2, -0.15) is 0 Å². The number of nitrogens with one attached hydrogen (secondary N) is 2. The van der Waals surface area contributed by atoms with Crippen LogP contribution in [0.4, 0.5) is 0 Å². The van der Waals surface area contributed by atoms with Crippen LogP contribution in [-0.2, 0) is 4.79 Å². The van der Waals surface area contributed by atoms with Gasteiger partial charge in [0.1, 0.15) is 0 Å². The lowest BCUT2D eigenvalue weighted by Crippen LogP contribution is -2.55. The molecular weight excluding hydrogens is 357 g/mol. The van der Waals surface area contributed by atoms with E-state index in [9.17, 15) is 4.79 Å². The normalized spacial score (nSPS) is 30.8. The first-order valence-electron chi connectivity index (χ1n) is 9.58. The maximum absolute atomic E-state index is 12.4. The number of likely N-dealkylation sites (N-methyl/N-ethyl adjacent to an activating group) is 1. The van der Waals surface area contributed by atoms with E-state index in [-0.39, 0.29) is 36.3 Å². The molecule has 150 valence electrons. The summed E-state index contributed by atoms with van der Waals surface area (Å²) in [6.45, 7) is 7.60. The quantitative estimate of drug-likeness (QED) is 0.723. The van der Waals surface area contributed by atoms with E-state index in [1.165, 1.54) is 38.5 Å². The molecule has 1 heterocycles. The van der Waals surface area contributed by atoms with Gasteiger partial charge in [0.15, 0.2) is 0 Å². The Bertz CT molecular complexity index is 389. The van der Waals surface area contributed by atoms with Crippen LogP contribution in [0.15, 0.2) is 0 Å². The van der Waals surface area contributed by atoms with Crippen LogP contribution in [0.5, 0.6) is 0 Å². The number of hydrogen-bond acceptors (Lipinski definition) is 3. The van der Waals surface area contributed by atoms with Crippen LogP contribution in [0.1, 0.15) is 58.8 Å². The summed E-state index contributed by atoms with van der Waals surface area (Å²) in [4.78, 5) is 14.8. The summed E-state index contributed by atoms with van der Waals surface area (Å²) in [7, 11) is 4.33. The van der Waals surface area contributed by atoms with Crippen molar-refractivity contribution >= 4 is 30.7 Å². The zero-order chi connectivity index (χ0) is 16.9. The van der Waals surface area contributed by atoms with E-state index in [4.69, 9.17) is 0 Å². The first-order chi connectivity index (χ1) is 10.9. The topological polar surface area (TPSA) is 44.4 Å². The molecule has 0 aromatic heterocycles. The number of carbonyl (C=O) groups excluding carboxylic acids is 1. The molecule has 0 aromatic carbocycles. The highest BCUT2D eigenvalue weighted by Crippen LogP contribution is 2.35. The summed E-state index contributed by atoms with van der Waals surface area (Å²) < 4.78 is 0. The monoisotopic (exact) mass is 395 g/mol. The smallest absolute Gasteiger partial charge is 0.220 e. The largest absolute Gasteiger partial charge is 0.354 e. The summed E-state index contributed by atoms with van der Waals surface area (Å²) in [6, 6.07) is 0. The van der Waals surface area contributed by atoms with Gasteiger partial charge < -0.3 is 15.5 Å². The minimum Gasteiger partial charge on any atom is -0.354 e. The molecule has 4 atom stereocenters. The molecule has 2 fully saturated rings. The Morgan fingerprint density at radius 1 is 1.28 bits per heavy atom. The summed E-state index contributed by atoms with van der Waals surface area (Å²) in [5.41, 5.74) is 0.156. The molecule has 2 aliphatic rings. The number of rotatable bonds is 6. The maximum Gasteiger partial charge on any atom is 0.220 e. The lowest BCUT2D eigenvalue weighted by molar-refractivity contribution is -0.123. The van der Waals surface area contributed by atoms with Crippen molar-refractivity contribution in [3.8, 4) is 0 Å². The Kier molecular flexibility index (Phi) is 11.6. The molecule has 1 aliphatic heterocycles. The number of piperidine rings is 1. The van der Waals surface area contributed by atoms with Gasteiger partial charge >= 0.3 is 0 Å². The molecule has 2 rings (SSSR count). The standard InChI is InChI=1S/C19H37N3O.2ClH/c1-15-7-5-9-19(12-15,22(3)4)14-21-18(23)11-16(2)17-8-6-10-20-13-17;;/h15-17,20H,5-14H2,1-4H3,(H,21,23);2*1H. The molecule has 1 saturated carbocycles. The van der Waals surface area contributed by atoms with Crippen LogP contribution in [0, 0.1) is 17.8 Å². The maximum atomic E-state index is 12.4. The molecule has 1 amide bonds. The Morgan fingerprint density at radius 3 is 2.56 bits per heavy atom. The number of carbonyl (C=O) groups is 1. The highest BCUT2D eigenvalue weighted by molar-refractivity contribution is 5.85. The van der Waals surface area contributed by atoms with Gasteiger partial charge in [-0.15, -0.1) is 24.8 Å². The van der Waals surface area contributed by atoms with E-state index >= 15 is 0 Å². The summed E-state index contributed by atoms with van der Waals surface area (Å²) in [6.07, 6.45) is 8.19. The number of halogens is 2. The van der Waals surface area contributed by atoms with Crippen molar-refractivity contribution in [1.82, 2.24) is 15.5 Å². The summed E-state index contributed by atoms with van der Waals surface area (Å²) in [5.74, 6) is 2.13. The second-order valence-corrected chi connectivity index (χ2v) is 8.38. The van der Waals surface area contributed by atoms with E-state index < -0.39 is 0 Å². The average Bonchev–Trinajstić information content (AvgIpc) is 2.53. The molecule has 6 heteroatoms. The van der Waals surface area contributed by atoms with Crippen LogP contribution in [-0.4, -0.2) is 50.1 Å². The van der Waals surface area contributed by atoms with Crippen LogP contribution >= 0.6 is 24.8 Å². The van der Waals surface area contributed by atoms with Crippen LogP contribution in [0.25, 0.3) is 0 Å². The second kappa shape index (κ2) is 11.6. The third-order valence-corrected chi connectivity index (χ3v) is 6.28. The fourth-order valence-corrected chi connectivity index (χ4v) is 4.52. The molecule has 0 bridgehead atoms. The molecule has 0 spiro atoms. The van der Waals surface area contributed by atoms with Gasteiger partial charge in [-0.1, -0.05) is 26.7 Å². The number of hydrogen-bond donors (Lipinski definition) is 2. The third kappa shape index (κ3) is 7.24. The Balaban J connectivity index is 0.00000288. The minimum atomic E-state index is 0. The zero-order valence-corrected chi connectivity index (χ0v) is 18.1. The molecule has 1 aliphatic carbocycles.